The molecule has 0 aromatic carbocycles. The fourth-order valence-electron chi connectivity index (χ4n) is 2.75. The van der Waals surface area contributed by atoms with Crippen molar-refractivity contribution >= 4 is 0 Å². The molecule has 3 rings (SSSR count). The number of rotatable bonds is 1. The summed E-state index contributed by atoms with van der Waals surface area (Å²) >= 11 is 0. The van der Waals surface area contributed by atoms with Crippen LogP contribution in [0.4, 0.5) is 0 Å². The second kappa shape index (κ2) is 4.59. The van der Waals surface area contributed by atoms with Crippen LogP contribution in [0, 0.1) is 0 Å². The van der Waals surface area contributed by atoms with E-state index in [-0.39, 0.29) is 12.1 Å². The lowest BCUT2D eigenvalue weighted by Gasteiger charge is -2.31. The van der Waals surface area contributed by atoms with E-state index in [9.17, 15) is 10.2 Å². The first-order valence-electron chi connectivity index (χ1n) is 6.38. The highest BCUT2D eigenvalue weighted by molar-refractivity contribution is 5.02. The Kier molecular flexibility index (Phi) is 3.68. The Bertz CT molecular complexity index is 380. The third-order valence-electron chi connectivity index (χ3n) is 3.54. The van der Waals surface area contributed by atoms with Crippen LogP contribution in [0.2, 0.25) is 0 Å². The Balaban J connectivity index is 0.00000147. The molecule has 3 heterocycles. The van der Waals surface area contributed by atoms with E-state index in [0.717, 1.165) is 0 Å². The van der Waals surface area contributed by atoms with Crippen LogP contribution in [0.15, 0.2) is 0 Å². The molecule has 0 saturated carbocycles. The van der Waals surface area contributed by atoms with Gasteiger partial charge < -0.3 is 39.4 Å². The van der Waals surface area contributed by atoms with Gasteiger partial charge in [-0.05, 0) is 27.7 Å². The average Bonchev–Trinajstić information content (AvgIpc) is 2.80. The van der Waals surface area contributed by atoms with Crippen LogP contribution < -0.4 is 0 Å². The van der Waals surface area contributed by atoms with Crippen molar-refractivity contribution in [3.05, 3.63) is 0 Å². The summed E-state index contributed by atoms with van der Waals surface area (Å²) in [5.41, 5.74) is 0. The van der Waals surface area contributed by atoms with Crippen molar-refractivity contribution in [1.82, 2.24) is 0 Å². The van der Waals surface area contributed by atoms with E-state index < -0.39 is 42.0 Å². The Morgan fingerprint density at radius 2 is 1.55 bits per heavy atom. The van der Waals surface area contributed by atoms with Crippen molar-refractivity contribution in [2.45, 2.75) is 69.7 Å². The average molecular weight is 294 g/mol. The van der Waals surface area contributed by atoms with Crippen LogP contribution >= 0.6 is 0 Å². The quantitative estimate of drug-likeness (QED) is 0.587. The standard InChI is InChI=1S/C12H20O7.H2O/c1-10(2)15-5-6(17-10)7-12(13,14)8-9(16-7)19-11(3,4)18-8;/h6-9,13-14H,5H2,1-4H3;1H2/t6?,7-,8+,9+;/m1./s1. The Hall–Kier alpha value is -0.320. The van der Waals surface area contributed by atoms with Crippen molar-refractivity contribution in [3.63, 3.8) is 0 Å². The zero-order chi connectivity index (χ0) is 14.1. The molecule has 8 heteroatoms. The second-order valence-electron chi connectivity index (χ2n) is 6.13. The van der Waals surface area contributed by atoms with Crippen molar-refractivity contribution in [1.29, 1.82) is 0 Å². The highest BCUT2D eigenvalue weighted by atomic mass is 16.9. The maximum Gasteiger partial charge on any atom is 0.225 e. The Morgan fingerprint density at radius 3 is 2.05 bits per heavy atom. The Morgan fingerprint density at radius 1 is 0.900 bits per heavy atom. The van der Waals surface area contributed by atoms with E-state index in [4.69, 9.17) is 23.7 Å². The molecule has 3 fully saturated rings. The largest absolute Gasteiger partial charge is 0.412 e. The van der Waals surface area contributed by atoms with Gasteiger partial charge >= 0.3 is 0 Å². The normalized spacial score (nSPS) is 44.1. The van der Waals surface area contributed by atoms with E-state index in [0.29, 0.717) is 0 Å². The summed E-state index contributed by atoms with van der Waals surface area (Å²) in [5.74, 6) is -3.83. The van der Waals surface area contributed by atoms with Crippen LogP contribution in [0.1, 0.15) is 27.7 Å². The monoisotopic (exact) mass is 294 g/mol. The van der Waals surface area contributed by atoms with E-state index in [1.165, 1.54) is 0 Å². The minimum absolute atomic E-state index is 0. The van der Waals surface area contributed by atoms with Crippen LogP contribution in [0.3, 0.4) is 0 Å². The molecule has 0 radical (unpaired) electrons. The van der Waals surface area contributed by atoms with Crippen molar-refractivity contribution in [2.75, 3.05) is 6.61 Å². The molecule has 118 valence electrons. The fourth-order valence-corrected chi connectivity index (χ4v) is 2.75. The zero-order valence-corrected chi connectivity index (χ0v) is 12.0. The number of fused-ring (bicyclic) bond motifs is 1. The van der Waals surface area contributed by atoms with Crippen molar-refractivity contribution < 1.29 is 39.4 Å². The van der Waals surface area contributed by atoms with Gasteiger partial charge in [-0.2, -0.15) is 0 Å². The first-order valence-corrected chi connectivity index (χ1v) is 6.38. The smallest absolute Gasteiger partial charge is 0.225 e. The molecule has 4 atom stereocenters. The maximum absolute atomic E-state index is 10.3. The molecule has 20 heavy (non-hydrogen) atoms. The molecule has 3 aliphatic rings. The lowest BCUT2D eigenvalue weighted by molar-refractivity contribution is -0.297. The van der Waals surface area contributed by atoms with Gasteiger partial charge in [0.2, 0.25) is 5.79 Å². The van der Waals surface area contributed by atoms with Gasteiger partial charge in [0.05, 0.1) is 6.61 Å². The van der Waals surface area contributed by atoms with Crippen molar-refractivity contribution in [2.24, 2.45) is 0 Å². The van der Waals surface area contributed by atoms with Crippen LogP contribution in [0.5, 0.6) is 0 Å². The fraction of sp³-hybridized carbons (Fsp3) is 1.00. The van der Waals surface area contributed by atoms with Gasteiger partial charge in [0, 0.05) is 0 Å². The molecule has 0 spiro atoms. The predicted molar refractivity (Wildman–Crippen MR) is 64.4 cm³/mol. The summed E-state index contributed by atoms with van der Waals surface area (Å²) in [7, 11) is 0. The number of ether oxygens (including phenoxy) is 5. The zero-order valence-electron chi connectivity index (χ0n) is 12.0. The van der Waals surface area contributed by atoms with Crippen molar-refractivity contribution in [3.8, 4) is 0 Å². The van der Waals surface area contributed by atoms with Gasteiger partial charge in [-0.3, -0.25) is 0 Å². The van der Waals surface area contributed by atoms with Crippen LogP contribution in [-0.4, -0.2) is 64.3 Å². The van der Waals surface area contributed by atoms with Gasteiger partial charge in [-0.1, -0.05) is 0 Å². The third-order valence-corrected chi connectivity index (χ3v) is 3.54. The summed E-state index contributed by atoms with van der Waals surface area (Å²) in [4.78, 5) is 0. The number of aliphatic hydroxyl groups is 2. The maximum atomic E-state index is 10.3. The van der Waals surface area contributed by atoms with E-state index >= 15 is 0 Å². The molecular formula is C12H22O8. The molecule has 0 aromatic heterocycles. The molecule has 0 bridgehead atoms. The summed E-state index contributed by atoms with van der Waals surface area (Å²) < 4.78 is 27.6. The molecule has 0 amide bonds. The van der Waals surface area contributed by atoms with E-state index in [1.807, 2.05) is 0 Å². The van der Waals surface area contributed by atoms with Gasteiger partial charge in [0.15, 0.2) is 24.0 Å². The van der Waals surface area contributed by atoms with Gasteiger partial charge in [0.25, 0.3) is 0 Å². The summed E-state index contributed by atoms with van der Waals surface area (Å²) in [6, 6.07) is 0. The first kappa shape index (κ1) is 16.1. The number of hydrogen-bond acceptors (Lipinski definition) is 7. The molecule has 4 N–H and O–H groups in total. The summed E-state index contributed by atoms with van der Waals surface area (Å²) in [5, 5.41) is 20.6. The first-order chi connectivity index (χ1) is 8.61. The SMILES string of the molecule is CC1(C)OCC([C@H]2O[C@H]3OC(C)(C)O[C@@H]3C2(O)O)O1.O. The predicted octanol–water partition coefficient (Wildman–Crippen LogP) is -1.13. The molecule has 0 aliphatic carbocycles. The molecule has 3 aliphatic heterocycles. The van der Waals surface area contributed by atoms with Gasteiger partial charge in [-0.15, -0.1) is 0 Å². The van der Waals surface area contributed by atoms with Gasteiger partial charge in [-0.25, -0.2) is 0 Å². The third kappa shape index (κ3) is 2.46. The Labute approximate surface area is 116 Å². The molecule has 3 saturated heterocycles. The minimum atomic E-state index is -2.17. The minimum Gasteiger partial charge on any atom is -0.412 e. The second-order valence-corrected chi connectivity index (χ2v) is 6.13. The lowest BCUT2D eigenvalue weighted by Crippen LogP contribution is -2.54. The summed E-state index contributed by atoms with van der Waals surface area (Å²) in [6.07, 6.45) is -3.33. The topological polar surface area (TPSA) is 118 Å². The van der Waals surface area contributed by atoms with Crippen LogP contribution in [0.25, 0.3) is 0 Å². The van der Waals surface area contributed by atoms with E-state index in [1.54, 1.807) is 27.7 Å². The number of hydrogen-bond donors (Lipinski definition) is 2. The van der Waals surface area contributed by atoms with E-state index in [2.05, 4.69) is 0 Å². The molecular weight excluding hydrogens is 272 g/mol. The van der Waals surface area contributed by atoms with Gasteiger partial charge in [0.1, 0.15) is 12.2 Å². The summed E-state index contributed by atoms with van der Waals surface area (Å²) in [6.45, 7) is 7.13. The lowest BCUT2D eigenvalue weighted by atomic mass is 10.0. The molecule has 0 aromatic rings. The highest BCUT2D eigenvalue weighted by Crippen LogP contribution is 2.44. The molecule has 1 unspecified atom stereocenters. The van der Waals surface area contributed by atoms with Crippen LogP contribution in [-0.2, 0) is 23.7 Å². The highest BCUT2D eigenvalue weighted by Gasteiger charge is 2.65. The molecule has 8 nitrogen and oxygen atoms in total.